The Labute approximate surface area is 151 Å². The predicted octanol–water partition coefficient (Wildman–Crippen LogP) is 3.19. The largest absolute Gasteiger partial charge is 0.339 e. The van der Waals surface area contributed by atoms with E-state index in [1.54, 1.807) is 35.2 Å². The molecule has 0 spiro atoms. The first-order chi connectivity index (χ1) is 12.6. The van der Waals surface area contributed by atoms with Gasteiger partial charge in [-0.3, -0.25) is 9.59 Å². The van der Waals surface area contributed by atoms with Crippen LogP contribution in [0.2, 0.25) is 0 Å². The van der Waals surface area contributed by atoms with Crippen molar-refractivity contribution in [2.24, 2.45) is 5.92 Å². The molecule has 5 nitrogen and oxygen atoms in total. The molecule has 1 N–H and O–H groups in total. The second-order valence-corrected chi connectivity index (χ2v) is 6.26. The van der Waals surface area contributed by atoms with E-state index in [2.05, 4.69) is 5.32 Å². The minimum atomic E-state index is -0.437. The fraction of sp³-hybridized carbons (Fsp3) is 0.250. The zero-order valence-corrected chi connectivity index (χ0v) is 14.1. The van der Waals surface area contributed by atoms with Crippen molar-refractivity contribution in [1.82, 2.24) is 4.90 Å². The highest BCUT2D eigenvalue weighted by atomic mass is 19.1. The number of benzene rings is 2. The van der Waals surface area contributed by atoms with Crippen LogP contribution in [0, 0.1) is 23.1 Å². The van der Waals surface area contributed by atoms with E-state index in [9.17, 15) is 14.0 Å². The Bertz CT molecular complexity index is 850. The van der Waals surface area contributed by atoms with Crippen LogP contribution < -0.4 is 5.32 Å². The number of halogens is 1. The molecule has 1 fully saturated rings. The Balaban J connectivity index is 1.55. The molecule has 1 saturated heterocycles. The average Bonchev–Trinajstić information content (AvgIpc) is 2.68. The van der Waals surface area contributed by atoms with Gasteiger partial charge in [0.15, 0.2) is 0 Å². The first-order valence-electron chi connectivity index (χ1n) is 8.42. The van der Waals surface area contributed by atoms with Crippen LogP contribution in [0.4, 0.5) is 10.1 Å². The number of nitrogens with one attached hydrogen (secondary N) is 1. The van der Waals surface area contributed by atoms with Crippen LogP contribution >= 0.6 is 0 Å². The SMILES string of the molecule is N#Cc1ccc(NC(=O)C2CCN(C(=O)c3cccc(F)c3)CC2)cc1. The Morgan fingerprint density at radius 3 is 2.42 bits per heavy atom. The first-order valence-corrected chi connectivity index (χ1v) is 8.42. The van der Waals surface area contributed by atoms with Gasteiger partial charge in [-0.1, -0.05) is 6.07 Å². The number of anilines is 1. The first kappa shape index (κ1) is 17.6. The van der Waals surface area contributed by atoms with E-state index in [1.165, 1.54) is 18.2 Å². The summed E-state index contributed by atoms with van der Waals surface area (Å²) < 4.78 is 13.3. The molecule has 1 aliphatic rings. The lowest BCUT2D eigenvalue weighted by atomic mass is 9.95. The van der Waals surface area contributed by atoms with Gasteiger partial charge in [-0.15, -0.1) is 0 Å². The van der Waals surface area contributed by atoms with Gasteiger partial charge in [-0.05, 0) is 55.3 Å². The van der Waals surface area contributed by atoms with E-state index >= 15 is 0 Å². The van der Waals surface area contributed by atoms with Crippen LogP contribution in [-0.4, -0.2) is 29.8 Å². The van der Waals surface area contributed by atoms with Crippen molar-refractivity contribution in [3.63, 3.8) is 0 Å². The molecule has 2 aromatic rings. The number of nitriles is 1. The van der Waals surface area contributed by atoms with Crippen LogP contribution in [0.3, 0.4) is 0 Å². The molecule has 1 heterocycles. The van der Waals surface area contributed by atoms with Gasteiger partial charge in [0.25, 0.3) is 5.91 Å². The minimum absolute atomic E-state index is 0.0902. The van der Waals surface area contributed by atoms with Gasteiger partial charge in [-0.25, -0.2) is 4.39 Å². The van der Waals surface area contributed by atoms with Crippen molar-refractivity contribution < 1.29 is 14.0 Å². The molecule has 132 valence electrons. The third-order valence-corrected chi connectivity index (χ3v) is 4.51. The second kappa shape index (κ2) is 7.79. The molecule has 0 atom stereocenters. The van der Waals surface area contributed by atoms with E-state index < -0.39 is 5.82 Å². The second-order valence-electron chi connectivity index (χ2n) is 6.26. The number of carbonyl (C=O) groups excluding carboxylic acids is 2. The van der Waals surface area contributed by atoms with Crippen molar-refractivity contribution in [3.05, 3.63) is 65.5 Å². The summed E-state index contributed by atoms with van der Waals surface area (Å²) >= 11 is 0. The molecular weight excluding hydrogens is 333 g/mol. The smallest absolute Gasteiger partial charge is 0.253 e. The number of likely N-dealkylation sites (tertiary alicyclic amines) is 1. The van der Waals surface area contributed by atoms with Crippen molar-refractivity contribution in [2.45, 2.75) is 12.8 Å². The number of hydrogen-bond acceptors (Lipinski definition) is 3. The van der Waals surface area contributed by atoms with Crippen LogP contribution in [0.5, 0.6) is 0 Å². The molecule has 2 amide bonds. The molecule has 3 rings (SSSR count). The molecule has 2 aromatic carbocycles. The van der Waals surface area contributed by atoms with E-state index in [0.29, 0.717) is 42.7 Å². The summed E-state index contributed by atoms with van der Waals surface area (Å²) in [7, 11) is 0. The van der Waals surface area contributed by atoms with Crippen LogP contribution in [0.15, 0.2) is 48.5 Å². The predicted molar refractivity (Wildman–Crippen MR) is 94.8 cm³/mol. The monoisotopic (exact) mass is 351 g/mol. The van der Waals surface area contributed by atoms with Crippen molar-refractivity contribution in [1.29, 1.82) is 5.26 Å². The average molecular weight is 351 g/mol. The van der Waals surface area contributed by atoms with E-state index in [1.807, 2.05) is 6.07 Å². The van der Waals surface area contributed by atoms with Gasteiger partial charge < -0.3 is 10.2 Å². The summed E-state index contributed by atoms with van der Waals surface area (Å²) in [5.41, 5.74) is 1.50. The summed E-state index contributed by atoms with van der Waals surface area (Å²) in [4.78, 5) is 26.4. The maximum absolute atomic E-state index is 13.3. The number of amides is 2. The van der Waals surface area contributed by atoms with Crippen molar-refractivity contribution >= 4 is 17.5 Å². The number of piperidine rings is 1. The lowest BCUT2D eigenvalue weighted by Crippen LogP contribution is -2.41. The van der Waals surface area contributed by atoms with Crippen molar-refractivity contribution in [3.8, 4) is 6.07 Å². The Morgan fingerprint density at radius 2 is 1.81 bits per heavy atom. The number of nitrogens with zero attached hydrogens (tertiary/aromatic N) is 2. The Hall–Kier alpha value is -3.20. The highest BCUT2D eigenvalue weighted by Crippen LogP contribution is 2.21. The van der Waals surface area contributed by atoms with E-state index in [4.69, 9.17) is 5.26 Å². The van der Waals surface area contributed by atoms with Gasteiger partial charge >= 0.3 is 0 Å². The topological polar surface area (TPSA) is 73.2 Å². The lowest BCUT2D eigenvalue weighted by Gasteiger charge is -2.31. The molecule has 0 unspecified atom stereocenters. The van der Waals surface area contributed by atoms with Crippen LogP contribution in [0.1, 0.15) is 28.8 Å². The third kappa shape index (κ3) is 4.06. The normalized spacial score (nSPS) is 14.5. The van der Waals surface area contributed by atoms with E-state index in [0.717, 1.165) is 0 Å². The van der Waals surface area contributed by atoms with Gasteiger partial charge in [0.1, 0.15) is 5.82 Å². The lowest BCUT2D eigenvalue weighted by molar-refractivity contribution is -0.121. The molecule has 0 bridgehead atoms. The Kier molecular flexibility index (Phi) is 5.28. The molecule has 0 aliphatic carbocycles. The molecule has 6 heteroatoms. The standard InChI is InChI=1S/C20H18FN3O2/c21-17-3-1-2-16(12-17)20(26)24-10-8-15(9-11-24)19(25)23-18-6-4-14(13-22)5-7-18/h1-7,12,15H,8-11H2,(H,23,25). The summed E-state index contributed by atoms with van der Waals surface area (Å²) in [6, 6.07) is 14.4. The fourth-order valence-electron chi connectivity index (χ4n) is 3.02. The highest BCUT2D eigenvalue weighted by Gasteiger charge is 2.28. The summed E-state index contributed by atoms with van der Waals surface area (Å²) in [5.74, 6) is -0.919. The number of rotatable bonds is 3. The zero-order chi connectivity index (χ0) is 18.5. The molecular formula is C20H18FN3O2. The maximum Gasteiger partial charge on any atom is 0.253 e. The minimum Gasteiger partial charge on any atom is -0.339 e. The van der Waals surface area contributed by atoms with Gasteiger partial charge in [0.2, 0.25) is 5.91 Å². The molecule has 0 saturated carbocycles. The molecule has 1 aliphatic heterocycles. The summed E-state index contributed by atoms with van der Waals surface area (Å²) in [6.07, 6.45) is 1.12. The molecule has 0 aromatic heterocycles. The number of carbonyl (C=O) groups is 2. The van der Waals surface area contributed by atoms with E-state index in [-0.39, 0.29) is 17.7 Å². The van der Waals surface area contributed by atoms with Crippen molar-refractivity contribution in [2.75, 3.05) is 18.4 Å². The van der Waals surface area contributed by atoms with Gasteiger partial charge in [0.05, 0.1) is 11.6 Å². The number of hydrogen-bond donors (Lipinski definition) is 1. The molecule has 0 radical (unpaired) electrons. The summed E-state index contributed by atoms with van der Waals surface area (Å²) in [5, 5.41) is 11.6. The van der Waals surface area contributed by atoms with Crippen LogP contribution in [-0.2, 0) is 4.79 Å². The van der Waals surface area contributed by atoms with Gasteiger partial charge in [0, 0.05) is 30.3 Å². The highest BCUT2D eigenvalue weighted by molar-refractivity contribution is 5.95. The van der Waals surface area contributed by atoms with Crippen LogP contribution in [0.25, 0.3) is 0 Å². The quantitative estimate of drug-likeness (QED) is 0.923. The molecule has 26 heavy (non-hydrogen) atoms. The maximum atomic E-state index is 13.3. The zero-order valence-electron chi connectivity index (χ0n) is 14.1. The van der Waals surface area contributed by atoms with Gasteiger partial charge in [-0.2, -0.15) is 5.26 Å². The summed E-state index contributed by atoms with van der Waals surface area (Å²) in [6.45, 7) is 0.918. The Morgan fingerprint density at radius 1 is 1.12 bits per heavy atom. The fourth-order valence-corrected chi connectivity index (χ4v) is 3.02. The third-order valence-electron chi connectivity index (χ3n) is 4.51.